The van der Waals surface area contributed by atoms with E-state index in [-0.39, 0.29) is 5.78 Å². The van der Waals surface area contributed by atoms with Crippen molar-refractivity contribution >= 4 is 23.2 Å². The molecule has 2 aromatic heterocycles. The van der Waals surface area contributed by atoms with Gasteiger partial charge in [0.2, 0.25) is 5.78 Å². The fraction of sp³-hybridized carbons (Fsp3) is 0.308. The zero-order chi connectivity index (χ0) is 13.1. The van der Waals surface area contributed by atoms with E-state index in [0.717, 1.165) is 23.5 Å². The molecule has 0 aliphatic heterocycles. The molecule has 2 rings (SSSR count). The number of ketones is 1. The van der Waals surface area contributed by atoms with Crippen LogP contribution in [0.3, 0.4) is 0 Å². The number of thiazole rings is 1. The second-order valence-corrected chi connectivity index (χ2v) is 4.83. The molecule has 0 aliphatic rings. The van der Waals surface area contributed by atoms with Gasteiger partial charge in [0.1, 0.15) is 0 Å². The van der Waals surface area contributed by atoms with E-state index in [9.17, 15) is 4.79 Å². The Morgan fingerprint density at radius 3 is 2.83 bits per heavy atom. The molecule has 94 valence electrons. The lowest BCUT2D eigenvalue weighted by Crippen LogP contribution is -1.98. The Bertz CT molecular complexity index is 582. The van der Waals surface area contributed by atoms with Crippen LogP contribution in [-0.2, 0) is 6.54 Å². The minimum atomic E-state index is -0.0620. The van der Waals surface area contributed by atoms with Crippen molar-refractivity contribution in [3.8, 4) is 0 Å². The zero-order valence-corrected chi connectivity index (χ0v) is 11.5. The average molecular weight is 261 g/mol. The van der Waals surface area contributed by atoms with Crippen LogP contribution in [0.5, 0.6) is 0 Å². The van der Waals surface area contributed by atoms with Crippen molar-refractivity contribution in [1.82, 2.24) is 14.8 Å². The molecule has 18 heavy (non-hydrogen) atoms. The Morgan fingerprint density at radius 2 is 2.28 bits per heavy atom. The third kappa shape index (κ3) is 2.41. The van der Waals surface area contributed by atoms with Gasteiger partial charge in [0.25, 0.3) is 0 Å². The lowest BCUT2D eigenvalue weighted by atomic mass is 10.1. The summed E-state index contributed by atoms with van der Waals surface area (Å²) in [6, 6.07) is 0. The van der Waals surface area contributed by atoms with Crippen molar-refractivity contribution in [1.29, 1.82) is 0 Å². The number of nitrogens with zero attached hydrogens (tertiary/aromatic N) is 3. The number of hydrogen-bond acceptors (Lipinski definition) is 4. The van der Waals surface area contributed by atoms with Crippen LogP contribution in [-0.4, -0.2) is 20.5 Å². The predicted octanol–water partition coefficient (Wildman–Crippen LogP) is 2.87. The van der Waals surface area contributed by atoms with E-state index in [1.165, 1.54) is 11.3 Å². The Morgan fingerprint density at radius 1 is 1.50 bits per heavy atom. The van der Waals surface area contributed by atoms with Crippen LogP contribution in [0.4, 0.5) is 0 Å². The first-order chi connectivity index (χ1) is 8.63. The normalized spacial score (nSPS) is 11.3. The van der Waals surface area contributed by atoms with Crippen molar-refractivity contribution in [2.45, 2.75) is 27.3 Å². The second-order valence-electron chi connectivity index (χ2n) is 3.94. The highest BCUT2D eigenvalue weighted by Crippen LogP contribution is 2.15. The molecule has 0 unspecified atom stereocenters. The average Bonchev–Trinajstić information content (AvgIpc) is 2.96. The van der Waals surface area contributed by atoms with Crippen molar-refractivity contribution in [3.05, 3.63) is 39.6 Å². The Kier molecular flexibility index (Phi) is 3.72. The van der Waals surface area contributed by atoms with Crippen molar-refractivity contribution in [3.63, 3.8) is 0 Å². The highest BCUT2D eigenvalue weighted by atomic mass is 32.1. The molecule has 0 saturated heterocycles. The van der Waals surface area contributed by atoms with Gasteiger partial charge in [-0.3, -0.25) is 9.48 Å². The fourth-order valence-corrected chi connectivity index (χ4v) is 2.39. The molecular weight excluding hydrogens is 246 g/mol. The highest BCUT2D eigenvalue weighted by molar-refractivity contribution is 7.11. The monoisotopic (exact) mass is 261 g/mol. The lowest BCUT2D eigenvalue weighted by molar-refractivity contribution is 0.104. The van der Waals surface area contributed by atoms with Gasteiger partial charge in [-0.2, -0.15) is 5.10 Å². The van der Waals surface area contributed by atoms with E-state index in [2.05, 4.69) is 10.1 Å². The van der Waals surface area contributed by atoms with Gasteiger partial charge in [0.05, 0.1) is 5.69 Å². The molecule has 4 nitrogen and oxygen atoms in total. The number of aromatic nitrogens is 3. The lowest BCUT2D eigenvalue weighted by Gasteiger charge is -1.98. The fourth-order valence-electron chi connectivity index (χ4n) is 1.84. The number of aryl methyl sites for hydroxylation is 2. The number of allylic oxidation sites excluding steroid dienone is 1. The standard InChI is InChI=1S/C13H15N3OS/c1-4-16-10(3)11(9(2)15-16)5-6-12(17)13-14-7-8-18-13/h5-8H,4H2,1-3H3/b6-5+. The predicted molar refractivity (Wildman–Crippen MR) is 72.9 cm³/mol. The molecule has 0 radical (unpaired) electrons. The smallest absolute Gasteiger partial charge is 0.214 e. The molecule has 0 aromatic carbocycles. The van der Waals surface area contributed by atoms with Gasteiger partial charge in [-0.15, -0.1) is 11.3 Å². The van der Waals surface area contributed by atoms with Gasteiger partial charge in [-0.1, -0.05) is 0 Å². The van der Waals surface area contributed by atoms with Crippen LogP contribution in [0.2, 0.25) is 0 Å². The summed E-state index contributed by atoms with van der Waals surface area (Å²) < 4.78 is 1.93. The summed E-state index contributed by atoms with van der Waals surface area (Å²) in [5.74, 6) is -0.0620. The van der Waals surface area contributed by atoms with E-state index < -0.39 is 0 Å². The minimum absolute atomic E-state index is 0.0620. The molecule has 0 amide bonds. The van der Waals surface area contributed by atoms with Gasteiger partial charge in [0, 0.05) is 29.4 Å². The summed E-state index contributed by atoms with van der Waals surface area (Å²) in [5, 5.41) is 6.73. The van der Waals surface area contributed by atoms with E-state index in [0.29, 0.717) is 5.01 Å². The quantitative estimate of drug-likeness (QED) is 0.628. The van der Waals surface area contributed by atoms with Crippen LogP contribution in [0, 0.1) is 13.8 Å². The third-order valence-corrected chi connectivity index (χ3v) is 3.57. The highest BCUT2D eigenvalue weighted by Gasteiger charge is 2.09. The summed E-state index contributed by atoms with van der Waals surface area (Å²) >= 11 is 1.35. The summed E-state index contributed by atoms with van der Waals surface area (Å²) in [4.78, 5) is 15.8. The van der Waals surface area contributed by atoms with Crippen LogP contribution < -0.4 is 0 Å². The van der Waals surface area contributed by atoms with Gasteiger partial charge < -0.3 is 0 Å². The van der Waals surface area contributed by atoms with Crippen molar-refractivity contribution in [2.24, 2.45) is 0 Å². The van der Waals surface area contributed by atoms with Gasteiger partial charge in [0.15, 0.2) is 5.01 Å². The number of carbonyl (C=O) groups is 1. The van der Waals surface area contributed by atoms with E-state index in [1.54, 1.807) is 17.7 Å². The maximum atomic E-state index is 11.8. The Balaban J connectivity index is 2.24. The summed E-state index contributed by atoms with van der Waals surface area (Å²) in [7, 11) is 0. The number of rotatable bonds is 4. The van der Waals surface area contributed by atoms with E-state index in [1.807, 2.05) is 31.5 Å². The molecule has 0 spiro atoms. The van der Waals surface area contributed by atoms with Crippen LogP contribution in [0.1, 0.15) is 33.7 Å². The first-order valence-corrected chi connectivity index (χ1v) is 6.67. The van der Waals surface area contributed by atoms with Crippen molar-refractivity contribution in [2.75, 3.05) is 0 Å². The molecule has 5 heteroatoms. The molecular formula is C13H15N3OS. The first-order valence-electron chi connectivity index (χ1n) is 5.79. The summed E-state index contributed by atoms with van der Waals surface area (Å²) in [6.07, 6.45) is 5.03. The maximum Gasteiger partial charge on any atom is 0.214 e. The molecule has 0 aliphatic carbocycles. The molecule has 0 atom stereocenters. The van der Waals surface area contributed by atoms with Crippen LogP contribution in [0.25, 0.3) is 6.08 Å². The molecule has 0 N–H and O–H groups in total. The number of carbonyl (C=O) groups excluding carboxylic acids is 1. The first kappa shape index (κ1) is 12.7. The van der Waals surface area contributed by atoms with Crippen LogP contribution in [0.15, 0.2) is 17.7 Å². The summed E-state index contributed by atoms with van der Waals surface area (Å²) in [5.41, 5.74) is 3.04. The Labute approximate surface area is 110 Å². The summed E-state index contributed by atoms with van der Waals surface area (Å²) in [6.45, 7) is 6.85. The van der Waals surface area contributed by atoms with Crippen molar-refractivity contribution < 1.29 is 4.79 Å². The molecule has 0 fully saturated rings. The van der Waals surface area contributed by atoms with Crippen LogP contribution >= 0.6 is 11.3 Å². The third-order valence-electron chi connectivity index (χ3n) is 2.78. The number of hydrogen-bond donors (Lipinski definition) is 0. The van der Waals surface area contributed by atoms with Gasteiger partial charge in [-0.25, -0.2) is 4.98 Å². The maximum absolute atomic E-state index is 11.8. The van der Waals surface area contributed by atoms with Gasteiger partial charge >= 0.3 is 0 Å². The van der Waals surface area contributed by atoms with Gasteiger partial charge in [-0.05, 0) is 32.9 Å². The second kappa shape index (κ2) is 5.27. The zero-order valence-electron chi connectivity index (χ0n) is 10.7. The van der Waals surface area contributed by atoms with E-state index >= 15 is 0 Å². The molecule has 0 saturated carbocycles. The molecule has 2 aromatic rings. The minimum Gasteiger partial charge on any atom is -0.287 e. The largest absolute Gasteiger partial charge is 0.287 e. The van der Waals surface area contributed by atoms with E-state index in [4.69, 9.17) is 0 Å². The Hall–Kier alpha value is -1.75. The topological polar surface area (TPSA) is 47.8 Å². The SMILES string of the molecule is CCn1nc(C)c(/C=C/C(=O)c2nccs2)c1C. The molecule has 0 bridgehead atoms. The molecule has 2 heterocycles.